The number of fused-ring (bicyclic) bond motifs is 1. The molecule has 1 atom stereocenters. The number of hydrogen-bond donors (Lipinski definition) is 2. The number of nitrogens with zero attached hydrogens (tertiary/aromatic N) is 1. The second-order valence-electron chi connectivity index (χ2n) is 5.69. The number of amides is 1. The number of aromatic nitrogens is 1. The molecular formula is C19H18ClN3O2. The van der Waals surface area contributed by atoms with E-state index >= 15 is 0 Å². The molecule has 1 aromatic heterocycles. The molecule has 0 bridgehead atoms. The summed E-state index contributed by atoms with van der Waals surface area (Å²) in [6.45, 7) is 3.55. The van der Waals surface area contributed by atoms with Crippen LogP contribution >= 0.6 is 11.6 Å². The molecule has 6 heteroatoms. The van der Waals surface area contributed by atoms with Crippen LogP contribution in [0.15, 0.2) is 53.8 Å². The van der Waals surface area contributed by atoms with Gasteiger partial charge in [-0.1, -0.05) is 29.8 Å². The normalized spacial score (nSPS) is 12.4. The van der Waals surface area contributed by atoms with Crippen molar-refractivity contribution in [3.63, 3.8) is 0 Å². The Morgan fingerprint density at radius 2 is 2.12 bits per heavy atom. The van der Waals surface area contributed by atoms with Crippen molar-refractivity contribution in [2.45, 2.75) is 20.0 Å². The zero-order chi connectivity index (χ0) is 17.8. The monoisotopic (exact) mass is 355 g/mol. The lowest BCUT2D eigenvalue weighted by molar-refractivity contribution is -0.127. The topological polar surface area (TPSA) is 66.5 Å². The number of aryl methyl sites for hydroxylation is 1. The minimum Gasteiger partial charge on any atom is -0.481 e. The van der Waals surface area contributed by atoms with Gasteiger partial charge in [-0.25, -0.2) is 5.43 Å². The van der Waals surface area contributed by atoms with Gasteiger partial charge in [-0.15, -0.1) is 0 Å². The highest BCUT2D eigenvalue weighted by Gasteiger charge is 2.14. The molecule has 0 fully saturated rings. The van der Waals surface area contributed by atoms with Crippen molar-refractivity contribution in [3.05, 3.63) is 64.8 Å². The average Bonchev–Trinajstić information content (AvgIpc) is 3.01. The predicted molar refractivity (Wildman–Crippen MR) is 100 cm³/mol. The highest BCUT2D eigenvalue weighted by Crippen LogP contribution is 2.22. The van der Waals surface area contributed by atoms with Crippen LogP contribution in [0.5, 0.6) is 5.75 Å². The maximum atomic E-state index is 12.1. The molecule has 0 aliphatic rings. The van der Waals surface area contributed by atoms with E-state index in [4.69, 9.17) is 16.3 Å². The summed E-state index contributed by atoms with van der Waals surface area (Å²) in [5.74, 6) is 0.258. The number of aromatic amines is 1. The molecule has 0 radical (unpaired) electrons. The molecule has 3 aromatic rings. The number of carbonyl (C=O) groups is 1. The summed E-state index contributed by atoms with van der Waals surface area (Å²) in [6.07, 6.45) is 2.77. The lowest BCUT2D eigenvalue weighted by atomic mass is 10.2. The zero-order valence-corrected chi connectivity index (χ0v) is 14.7. The number of carbonyl (C=O) groups excluding carboxylic acids is 1. The quantitative estimate of drug-likeness (QED) is 0.535. The van der Waals surface area contributed by atoms with Crippen LogP contribution in [-0.2, 0) is 4.79 Å². The Hall–Kier alpha value is -2.79. The third-order valence-electron chi connectivity index (χ3n) is 3.81. The van der Waals surface area contributed by atoms with Crippen LogP contribution in [0, 0.1) is 6.92 Å². The van der Waals surface area contributed by atoms with Crippen LogP contribution in [0.3, 0.4) is 0 Å². The van der Waals surface area contributed by atoms with E-state index in [9.17, 15) is 4.79 Å². The van der Waals surface area contributed by atoms with Crippen LogP contribution in [0.25, 0.3) is 10.9 Å². The van der Waals surface area contributed by atoms with Gasteiger partial charge in [0.1, 0.15) is 5.75 Å². The maximum absolute atomic E-state index is 12.1. The Labute approximate surface area is 150 Å². The highest BCUT2D eigenvalue weighted by molar-refractivity contribution is 6.31. The molecule has 0 spiro atoms. The van der Waals surface area contributed by atoms with E-state index in [2.05, 4.69) is 15.5 Å². The number of hydrazone groups is 1. The lowest BCUT2D eigenvalue weighted by Gasteiger charge is -2.13. The van der Waals surface area contributed by atoms with Gasteiger partial charge < -0.3 is 9.72 Å². The third kappa shape index (κ3) is 4.00. The Bertz CT molecular complexity index is 933. The first-order valence-electron chi connectivity index (χ1n) is 7.86. The van der Waals surface area contributed by atoms with Crippen LogP contribution in [0.2, 0.25) is 5.02 Å². The summed E-state index contributed by atoms with van der Waals surface area (Å²) < 4.78 is 5.62. The molecule has 0 aliphatic carbocycles. The van der Waals surface area contributed by atoms with E-state index < -0.39 is 6.10 Å². The van der Waals surface area contributed by atoms with Gasteiger partial charge in [0.05, 0.1) is 6.21 Å². The van der Waals surface area contributed by atoms with Gasteiger partial charge in [-0.2, -0.15) is 5.10 Å². The maximum Gasteiger partial charge on any atom is 0.280 e. The lowest BCUT2D eigenvalue weighted by Crippen LogP contribution is -2.33. The summed E-state index contributed by atoms with van der Waals surface area (Å²) >= 11 is 5.98. The summed E-state index contributed by atoms with van der Waals surface area (Å²) in [4.78, 5) is 15.3. The molecule has 1 unspecified atom stereocenters. The van der Waals surface area contributed by atoms with Crippen molar-refractivity contribution in [1.82, 2.24) is 10.4 Å². The number of H-pyrrole nitrogens is 1. The van der Waals surface area contributed by atoms with Crippen molar-refractivity contribution in [2.75, 3.05) is 0 Å². The van der Waals surface area contributed by atoms with Crippen LogP contribution in [0.1, 0.15) is 18.1 Å². The molecule has 2 N–H and O–H groups in total. The largest absolute Gasteiger partial charge is 0.481 e. The van der Waals surface area contributed by atoms with E-state index in [1.165, 1.54) is 0 Å². The number of para-hydroxylation sites is 1. The van der Waals surface area contributed by atoms with E-state index in [0.29, 0.717) is 10.8 Å². The van der Waals surface area contributed by atoms with Crippen molar-refractivity contribution in [3.8, 4) is 5.75 Å². The Balaban J connectivity index is 1.60. The Morgan fingerprint density at radius 3 is 2.92 bits per heavy atom. The zero-order valence-electron chi connectivity index (χ0n) is 13.9. The molecule has 1 amide bonds. The van der Waals surface area contributed by atoms with Crippen LogP contribution in [0.4, 0.5) is 0 Å². The molecule has 128 valence electrons. The summed E-state index contributed by atoms with van der Waals surface area (Å²) in [5, 5.41) is 5.72. The number of rotatable bonds is 5. The Kier molecular flexibility index (Phi) is 5.05. The fraction of sp³-hybridized carbons (Fsp3) is 0.158. The smallest absolute Gasteiger partial charge is 0.280 e. The van der Waals surface area contributed by atoms with Gasteiger partial charge in [-0.3, -0.25) is 4.79 Å². The van der Waals surface area contributed by atoms with E-state index in [0.717, 1.165) is 22.0 Å². The first kappa shape index (κ1) is 17.0. The fourth-order valence-corrected chi connectivity index (χ4v) is 2.52. The summed E-state index contributed by atoms with van der Waals surface area (Å²) in [6, 6.07) is 13.1. The predicted octanol–water partition coefficient (Wildman–Crippen LogP) is 4.05. The summed E-state index contributed by atoms with van der Waals surface area (Å²) in [5.41, 5.74) is 5.31. The minimum atomic E-state index is -0.680. The number of benzene rings is 2. The average molecular weight is 356 g/mol. The molecule has 25 heavy (non-hydrogen) atoms. The SMILES string of the molecule is Cc1cc(OC(C)C(=O)NN=Cc2c[nH]c3ccccc23)ccc1Cl. The number of hydrogen-bond acceptors (Lipinski definition) is 3. The number of halogens is 1. The van der Waals surface area contributed by atoms with E-state index in [1.807, 2.05) is 37.4 Å². The molecule has 1 heterocycles. The fourth-order valence-electron chi connectivity index (χ4n) is 2.41. The molecule has 5 nitrogen and oxygen atoms in total. The molecule has 0 saturated heterocycles. The molecule has 0 aliphatic heterocycles. The van der Waals surface area contributed by atoms with E-state index in [-0.39, 0.29) is 5.91 Å². The van der Waals surface area contributed by atoms with Gasteiger partial charge >= 0.3 is 0 Å². The highest BCUT2D eigenvalue weighted by atomic mass is 35.5. The second kappa shape index (κ2) is 7.40. The van der Waals surface area contributed by atoms with Gasteiger partial charge in [0, 0.05) is 27.7 Å². The van der Waals surface area contributed by atoms with Crippen LogP contribution in [-0.4, -0.2) is 23.2 Å². The van der Waals surface area contributed by atoms with Crippen molar-refractivity contribution >= 4 is 34.6 Å². The molecule has 2 aromatic carbocycles. The van der Waals surface area contributed by atoms with Crippen molar-refractivity contribution in [1.29, 1.82) is 0 Å². The second-order valence-corrected chi connectivity index (χ2v) is 6.10. The van der Waals surface area contributed by atoms with Crippen molar-refractivity contribution in [2.24, 2.45) is 5.10 Å². The molecular weight excluding hydrogens is 338 g/mol. The van der Waals surface area contributed by atoms with Crippen LogP contribution < -0.4 is 10.2 Å². The first-order chi connectivity index (χ1) is 12.0. The molecule has 3 rings (SSSR count). The van der Waals surface area contributed by atoms with E-state index in [1.54, 1.807) is 31.3 Å². The number of nitrogens with one attached hydrogen (secondary N) is 2. The minimum absolute atomic E-state index is 0.330. The first-order valence-corrected chi connectivity index (χ1v) is 8.24. The van der Waals surface area contributed by atoms with Crippen molar-refractivity contribution < 1.29 is 9.53 Å². The summed E-state index contributed by atoms with van der Waals surface area (Å²) in [7, 11) is 0. The third-order valence-corrected chi connectivity index (χ3v) is 4.24. The van der Waals surface area contributed by atoms with Gasteiger partial charge in [0.15, 0.2) is 6.10 Å². The van der Waals surface area contributed by atoms with Gasteiger partial charge in [0.2, 0.25) is 0 Å². The standard InChI is InChI=1S/C19H18ClN3O2/c1-12-9-15(7-8-17(12)20)25-13(2)19(24)23-22-11-14-10-21-18-6-4-3-5-16(14)18/h3-11,13,21H,1-2H3,(H,23,24). The van der Waals surface area contributed by atoms with Gasteiger partial charge in [0.25, 0.3) is 5.91 Å². The number of ether oxygens (including phenoxy) is 1. The Morgan fingerprint density at radius 1 is 1.32 bits per heavy atom. The molecule has 0 saturated carbocycles. The van der Waals surface area contributed by atoms with Gasteiger partial charge in [-0.05, 0) is 43.7 Å².